The molecule has 0 aliphatic heterocycles. The minimum absolute atomic E-state index is 0.277. The summed E-state index contributed by atoms with van der Waals surface area (Å²) in [5.41, 5.74) is 1.14. The first kappa shape index (κ1) is 17.9. The van der Waals surface area contributed by atoms with Crippen LogP contribution in [0.25, 0.3) is 16.5 Å². The Morgan fingerprint density at radius 3 is 2.67 bits per heavy atom. The lowest BCUT2D eigenvalue weighted by Gasteiger charge is -2.11. The van der Waals surface area contributed by atoms with Crippen LogP contribution in [0.3, 0.4) is 0 Å². The van der Waals surface area contributed by atoms with E-state index in [4.69, 9.17) is 4.74 Å². The van der Waals surface area contributed by atoms with Gasteiger partial charge in [0.05, 0.1) is 0 Å². The van der Waals surface area contributed by atoms with Gasteiger partial charge in [-0.3, -0.25) is 4.79 Å². The van der Waals surface area contributed by atoms with E-state index >= 15 is 0 Å². The zero-order valence-corrected chi connectivity index (χ0v) is 14.6. The first-order chi connectivity index (χ1) is 11.6. The number of benzene rings is 1. The van der Waals surface area contributed by atoms with Crippen LogP contribution >= 0.6 is 11.3 Å². The molecule has 0 aliphatic carbocycles. The van der Waals surface area contributed by atoms with Gasteiger partial charge in [0.25, 0.3) is 5.91 Å². The quantitative estimate of drug-likeness (QED) is 0.613. The van der Waals surface area contributed by atoms with Crippen LogP contribution in [0.5, 0.6) is 0 Å². The van der Waals surface area contributed by atoms with Crippen LogP contribution in [-0.4, -0.2) is 24.5 Å². The predicted octanol–water partition coefficient (Wildman–Crippen LogP) is 3.89. The van der Waals surface area contributed by atoms with Gasteiger partial charge in [0.15, 0.2) is 6.10 Å². The van der Waals surface area contributed by atoms with Crippen LogP contribution in [0, 0.1) is 0 Å². The van der Waals surface area contributed by atoms with Gasteiger partial charge in [-0.1, -0.05) is 37.3 Å². The number of thiophene rings is 1. The van der Waals surface area contributed by atoms with Crippen LogP contribution in [0.4, 0.5) is 0 Å². The molecule has 126 valence electrons. The van der Waals surface area contributed by atoms with Gasteiger partial charge in [0.1, 0.15) is 0 Å². The number of rotatable bonds is 7. The molecule has 0 spiro atoms. The second-order valence-electron chi connectivity index (χ2n) is 5.27. The summed E-state index contributed by atoms with van der Waals surface area (Å²) < 4.78 is 5.09. The standard InChI is InChI=1S/C19H21NO3S/c1-3-13-20-19(22)14(2)23-18(21)12-10-16-9-11-17(24-16)15-7-5-4-6-8-15/h4-12,14H,3,13H2,1-2H3,(H,20,22)/b12-10+. The number of hydrogen-bond acceptors (Lipinski definition) is 4. The number of amides is 1. The van der Waals surface area contributed by atoms with E-state index < -0.39 is 12.1 Å². The minimum Gasteiger partial charge on any atom is -0.449 e. The zero-order valence-electron chi connectivity index (χ0n) is 13.8. The van der Waals surface area contributed by atoms with E-state index in [1.54, 1.807) is 24.3 Å². The van der Waals surface area contributed by atoms with E-state index in [-0.39, 0.29) is 5.91 Å². The van der Waals surface area contributed by atoms with Gasteiger partial charge in [-0.25, -0.2) is 4.79 Å². The molecule has 1 heterocycles. The van der Waals surface area contributed by atoms with E-state index in [0.717, 1.165) is 21.7 Å². The van der Waals surface area contributed by atoms with E-state index in [9.17, 15) is 9.59 Å². The average Bonchev–Trinajstić information content (AvgIpc) is 3.07. The number of ether oxygens (including phenoxy) is 1. The Morgan fingerprint density at radius 2 is 1.96 bits per heavy atom. The van der Waals surface area contributed by atoms with Gasteiger partial charge in [0.2, 0.25) is 0 Å². The Bertz CT molecular complexity index is 706. The normalized spacial score (nSPS) is 12.1. The topological polar surface area (TPSA) is 55.4 Å². The third-order valence-corrected chi connectivity index (χ3v) is 4.38. The highest BCUT2D eigenvalue weighted by Gasteiger charge is 2.15. The molecule has 2 rings (SSSR count). The lowest BCUT2D eigenvalue weighted by molar-refractivity contribution is -0.150. The lowest BCUT2D eigenvalue weighted by Crippen LogP contribution is -2.35. The smallest absolute Gasteiger partial charge is 0.331 e. The maximum atomic E-state index is 11.8. The maximum Gasteiger partial charge on any atom is 0.331 e. The Labute approximate surface area is 146 Å². The second kappa shape index (κ2) is 9.03. The molecule has 5 heteroatoms. The molecule has 0 saturated carbocycles. The van der Waals surface area contributed by atoms with Crippen LogP contribution < -0.4 is 5.32 Å². The number of hydrogen-bond donors (Lipinski definition) is 1. The van der Waals surface area contributed by atoms with Gasteiger partial charge in [-0.05, 0) is 37.1 Å². The molecular weight excluding hydrogens is 322 g/mol. The molecule has 0 radical (unpaired) electrons. The van der Waals surface area contributed by atoms with Gasteiger partial charge >= 0.3 is 5.97 Å². The molecule has 0 fully saturated rings. The van der Waals surface area contributed by atoms with Crippen LogP contribution in [-0.2, 0) is 14.3 Å². The monoisotopic (exact) mass is 343 g/mol. The number of esters is 1. The molecule has 1 N–H and O–H groups in total. The Kier molecular flexibility index (Phi) is 6.75. The predicted molar refractivity (Wildman–Crippen MR) is 97.6 cm³/mol. The van der Waals surface area contributed by atoms with Crippen molar-refractivity contribution in [1.29, 1.82) is 0 Å². The van der Waals surface area contributed by atoms with Crippen molar-refractivity contribution in [3.63, 3.8) is 0 Å². The highest BCUT2D eigenvalue weighted by Crippen LogP contribution is 2.28. The molecule has 0 bridgehead atoms. The van der Waals surface area contributed by atoms with E-state index in [2.05, 4.69) is 5.32 Å². The summed E-state index contributed by atoms with van der Waals surface area (Å²) in [5.74, 6) is -0.801. The molecule has 1 aromatic heterocycles. The van der Waals surface area contributed by atoms with Crippen LogP contribution in [0.2, 0.25) is 0 Å². The molecule has 0 aliphatic rings. The Morgan fingerprint density at radius 1 is 1.21 bits per heavy atom. The summed E-state index contributed by atoms with van der Waals surface area (Å²) in [4.78, 5) is 25.5. The van der Waals surface area contributed by atoms with Crippen LogP contribution in [0.1, 0.15) is 25.1 Å². The minimum atomic E-state index is -0.795. The van der Waals surface area contributed by atoms with Crippen LogP contribution in [0.15, 0.2) is 48.5 Å². The molecule has 2 aromatic rings. The van der Waals surface area contributed by atoms with Crippen molar-refractivity contribution < 1.29 is 14.3 Å². The molecule has 1 amide bonds. The largest absolute Gasteiger partial charge is 0.449 e. The van der Waals surface area contributed by atoms with Crippen molar-refractivity contribution in [2.24, 2.45) is 0 Å². The Balaban J connectivity index is 1.90. The van der Waals surface area contributed by atoms with Crippen molar-refractivity contribution in [1.82, 2.24) is 5.32 Å². The highest BCUT2D eigenvalue weighted by molar-refractivity contribution is 7.16. The SMILES string of the molecule is CCCNC(=O)C(C)OC(=O)/C=C/c1ccc(-c2ccccc2)s1. The average molecular weight is 343 g/mol. The summed E-state index contributed by atoms with van der Waals surface area (Å²) >= 11 is 1.59. The molecular formula is C19H21NO3S. The molecule has 1 unspecified atom stereocenters. The fourth-order valence-corrected chi connectivity index (χ4v) is 2.93. The molecule has 0 saturated heterocycles. The van der Waals surface area contributed by atoms with Crippen molar-refractivity contribution in [3.05, 3.63) is 53.4 Å². The summed E-state index contributed by atoms with van der Waals surface area (Å²) in [7, 11) is 0. The summed E-state index contributed by atoms with van der Waals surface area (Å²) in [6.07, 6.45) is 3.10. The van der Waals surface area contributed by atoms with Crippen molar-refractivity contribution in [2.75, 3.05) is 6.54 Å². The molecule has 4 nitrogen and oxygen atoms in total. The van der Waals surface area contributed by atoms with Gasteiger partial charge in [-0.15, -0.1) is 11.3 Å². The van der Waals surface area contributed by atoms with Crippen molar-refractivity contribution >= 4 is 29.3 Å². The van der Waals surface area contributed by atoms with E-state index in [1.807, 2.05) is 49.4 Å². The first-order valence-corrected chi connectivity index (χ1v) is 8.73. The fourth-order valence-electron chi connectivity index (χ4n) is 2.01. The first-order valence-electron chi connectivity index (χ1n) is 7.92. The van der Waals surface area contributed by atoms with E-state index in [0.29, 0.717) is 6.54 Å². The summed E-state index contributed by atoms with van der Waals surface area (Å²) in [5, 5.41) is 2.69. The van der Waals surface area contributed by atoms with Crippen molar-refractivity contribution in [2.45, 2.75) is 26.4 Å². The lowest BCUT2D eigenvalue weighted by atomic mass is 10.2. The molecule has 1 atom stereocenters. The number of carbonyl (C=O) groups excluding carboxylic acids is 2. The Hall–Kier alpha value is -2.40. The molecule has 24 heavy (non-hydrogen) atoms. The fraction of sp³-hybridized carbons (Fsp3) is 0.263. The summed E-state index contributed by atoms with van der Waals surface area (Å²) in [6, 6.07) is 14.0. The third kappa shape index (κ3) is 5.35. The van der Waals surface area contributed by atoms with Gasteiger partial charge < -0.3 is 10.1 Å². The molecule has 1 aromatic carbocycles. The summed E-state index contributed by atoms with van der Waals surface area (Å²) in [6.45, 7) is 4.10. The third-order valence-electron chi connectivity index (χ3n) is 3.28. The number of carbonyl (C=O) groups is 2. The maximum absolute atomic E-state index is 11.8. The van der Waals surface area contributed by atoms with Gasteiger partial charge in [0, 0.05) is 22.4 Å². The van der Waals surface area contributed by atoms with Crippen molar-refractivity contribution in [3.8, 4) is 10.4 Å². The highest BCUT2D eigenvalue weighted by atomic mass is 32.1. The number of nitrogens with one attached hydrogen (secondary N) is 1. The zero-order chi connectivity index (χ0) is 17.4. The van der Waals surface area contributed by atoms with Gasteiger partial charge in [-0.2, -0.15) is 0 Å². The van der Waals surface area contributed by atoms with E-state index in [1.165, 1.54) is 6.08 Å². The second-order valence-corrected chi connectivity index (χ2v) is 6.39.